The Hall–Kier alpha value is -3.37. The van der Waals surface area contributed by atoms with Crippen molar-refractivity contribution in [2.24, 2.45) is 0 Å². The lowest BCUT2D eigenvalue weighted by molar-refractivity contribution is -0.115. The molecule has 2 N–H and O–H groups in total. The van der Waals surface area contributed by atoms with E-state index in [-0.39, 0.29) is 29.4 Å². The molecule has 0 saturated heterocycles. The van der Waals surface area contributed by atoms with Crippen molar-refractivity contribution >= 4 is 35.0 Å². The van der Waals surface area contributed by atoms with Gasteiger partial charge in [0.1, 0.15) is 6.42 Å². The van der Waals surface area contributed by atoms with Crippen LogP contribution in [0.25, 0.3) is 0 Å². The van der Waals surface area contributed by atoms with Crippen molar-refractivity contribution in [3.63, 3.8) is 0 Å². The van der Waals surface area contributed by atoms with E-state index in [1.165, 1.54) is 12.1 Å². The molecule has 3 rings (SSSR count). The molecule has 0 atom stereocenters. The highest BCUT2D eigenvalue weighted by molar-refractivity contribution is 6.32. The van der Waals surface area contributed by atoms with Crippen molar-refractivity contribution in [3.8, 4) is 11.8 Å². The number of hydrogen-bond acceptors (Lipinski definition) is 5. The third kappa shape index (κ3) is 3.10. The third-order valence-corrected chi connectivity index (χ3v) is 4.14. The second kappa shape index (κ2) is 6.86. The van der Waals surface area contributed by atoms with Gasteiger partial charge in [-0.25, -0.2) is 0 Å². The molecule has 2 aromatic carbocycles. The Morgan fingerprint density at radius 1 is 1.19 bits per heavy atom. The third-order valence-electron chi connectivity index (χ3n) is 3.86. The van der Waals surface area contributed by atoms with E-state index in [2.05, 4.69) is 5.32 Å². The number of hydrogen-bond donors (Lipinski definition) is 2. The minimum absolute atomic E-state index is 0.00404. The second-order valence-electron chi connectivity index (χ2n) is 5.60. The van der Waals surface area contributed by atoms with Gasteiger partial charge in [0.25, 0.3) is 11.8 Å². The summed E-state index contributed by atoms with van der Waals surface area (Å²) in [4.78, 5) is 37.5. The van der Waals surface area contributed by atoms with Gasteiger partial charge >= 0.3 is 0 Å². The van der Waals surface area contributed by atoms with E-state index in [0.29, 0.717) is 16.7 Å². The number of phenols is 1. The average Bonchev–Trinajstić information content (AvgIpc) is 2.85. The zero-order valence-electron chi connectivity index (χ0n) is 13.3. The number of amides is 3. The first-order valence-corrected chi connectivity index (χ1v) is 7.93. The molecule has 2 aromatic rings. The minimum atomic E-state index is -0.614. The molecule has 0 aromatic heterocycles. The first kappa shape index (κ1) is 17.5. The summed E-state index contributed by atoms with van der Waals surface area (Å²) < 4.78 is 0. The average molecular weight is 370 g/mol. The quantitative estimate of drug-likeness (QED) is 0.635. The summed E-state index contributed by atoms with van der Waals surface area (Å²) in [5.74, 6) is -1.82. The minimum Gasteiger partial charge on any atom is -0.504 e. The van der Waals surface area contributed by atoms with Crippen LogP contribution in [0.3, 0.4) is 0 Å². The van der Waals surface area contributed by atoms with Gasteiger partial charge in [-0.3, -0.25) is 19.3 Å². The van der Waals surface area contributed by atoms with E-state index in [1.54, 1.807) is 30.3 Å². The summed E-state index contributed by atoms with van der Waals surface area (Å²) in [5.41, 5.74) is 1.09. The topological polar surface area (TPSA) is 111 Å². The van der Waals surface area contributed by atoms with Crippen LogP contribution >= 0.6 is 11.6 Å². The van der Waals surface area contributed by atoms with Crippen LogP contribution in [-0.2, 0) is 11.3 Å². The smallest absolute Gasteiger partial charge is 0.261 e. The predicted octanol–water partition coefficient (Wildman–Crippen LogP) is 2.69. The number of carbonyl (C=O) groups is 3. The molecular weight excluding hydrogens is 358 g/mol. The highest BCUT2D eigenvalue weighted by Crippen LogP contribution is 2.34. The maximum atomic E-state index is 12.4. The van der Waals surface area contributed by atoms with Crippen molar-refractivity contribution in [1.29, 1.82) is 5.26 Å². The Labute approximate surface area is 153 Å². The van der Waals surface area contributed by atoms with Crippen LogP contribution in [0.15, 0.2) is 36.4 Å². The summed E-state index contributed by atoms with van der Waals surface area (Å²) in [6.07, 6.45) is -0.389. The van der Waals surface area contributed by atoms with Crippen LogP contribution in [0.2, 0.25) is 5.02 Å². The number of benzene rings is 2. The predicted molar refractivity (Wildman–Crippen MR) is 92.6 cm³/mol. The zero-order valence-corrected chi connectivity index (χ0v) is 14.1. The molecule has 0 aliphatic carbocycles. The lowest BCUT2D eigenvalue weighted by Gasteiger charge is -2.16. The van der Waals surface area contributed by atoms with Gasteiger partial charge < -0.3 is 10.4 Å². The number of carbonyl (C=O) groups excluding carboxylic acids is 3. The molecule has 0 fully saturated rings. The Bertz CT molecular complexity index is 946. The van der Waals surface area contributed by atoms with Crippen molar-refractivity contribution < 1.29 is 19.5 Å². The Morgan fingerprint density at radius 3 is 2.38 bits per heavy atom. The molecule has 8 heteroatoms. The summed E-state index contributed by atoms with van der Waals surface area (Å²) >= 11 is 5.97. The van der Waals surface area contributed by atoms with Gasteiger partial charge in [-0.05, 0) is 29.8 Å². The van der Waals surface area contributed by atoms with Gasteiger partial charge in [-0.2, -0.15) is 5.26 Å². The molecule has 7 nitrogen and oxygen atoms in total. The molecule has 1 aliphatic heterocycles. The molecule has 0 radical (unpaired) electrons. The maximum Gasteiger partial charge on any atom is 0.261 e. The molecule has 26 heavy (non-hydrogen) atoms. The van der Waals surface area contributed by atoms with Crippen LogP contribution in [-0.4, -0.2) is 27.7 Å². The lowest BCUT2D eigenvalue weighted by Crippen LogP contribution is -2.29. The maximum absolute atomic E-state index is 12.4. The summed E-state index contributed by atoms with van der Waals surface area (Å²) in [6, 6.07) is 11.0. The summed E-state index contributed by atoms with van der Waals surface area (Å²) in [6.45, 7) is -0.0759. The number of nitriles is 1. The molecule has 0 saturated carbocycles. The van der Waals surface area contributed by atoms with E-state index < -0.39 is 17.7 Å². The Morgan fingerprint density at radius 2 is 1.81 bits per heavy atom. The summed E-state index contributed by atoms with van der Waals surface area (Å²) in [7, 11) is 0. The van der Waals surface area contributed by atoms with Crippen molar-refractivity contribution in [3.05, 3.63) is 58.1 Å². The zero-order chi connectivity index (χ0) is 18.8. The standard InChI is InChI=1S/C18H12ClN3O4/c19-13-7-10(8-14(16(13)24)21-15(23)5-6-20)9-22-17(25)11-3-1-2-4-12(11)18(22)26/h1-4,7-8,24H,5,9H2,(H,21,23). The number of rotatable bonds is 4. The number of phenolic OH excluding ortho intramolecular Hbond substituents is 1. The van der Waals surface area contributed by atoms with Gasteiger partial charge in [0, 0.05) is 0 Å². The fraction of sp³-hybridized carbons (Fsp3) is 0.111. The first-order chi connectivity index (χ1) is 12.4. The largest absolute Gasteiger partial charge is 0.504 e. The van der Waals surface area contributed by atoms with E-state index >= 15 is 0 Å². The molecular formula is C18H12ClN3O4. The SMILES string of the molecule is N#CCC(=O)Nc1cc(CN2C(=O)c3ccccc3C2=O)cc(Cl)c1O. The lowest BCUT2D eigenvalue weighted by atomic mass is 10.1. The van der Waals surface area contributed by atoms with Crippen LogP contribution in [0.4, 0.5) is 5.69 Å². The molecule has 0 spiro atoms. The van der Waals surface area contributed by atoms with Gasteiger partial charge in [0.15, 0.2) is 5.75 Å². The molecule has 0 unspecified atom stereocenters. The molecule has 3 amide bonds. The number of aromatic hydroxyl groups is 1. The molecule has 1 aliphatic rings. The van der Waals surface area contributed by atoms with Crippen LogP contribution in [0.5, 0.6) is 5.75 Å². The van der Waals surface area contributed by atoms with Crippen molar-refractivity contribution in [1.82, 2.24) is 4.90 Å². The Kier molecular flexibility index (Phi) is 4.61. The van der Waals surface area contributed by atoms with Gasteiger partial charge in [-0.1, -0.05) is 23.7 Å². The number of halogens is 1. The number of fused-ring (bicyclic) bond motifs is 1. The Balaban J connectivity index is 1.88. The number of imide groups is 1. The normalized spacial score (nSPS) is 12.7. The second-order valence-corrected chi connectivity index (χ2v) is 6.01. The fourth-order valence-corrected chi connectivity index (χ4v) is 2.92. The molecule has 1 heterocycles. The number of nitrogens with zero attached hydrogens (tertiary/aromatic N) is 2. The van der Waals surface area contributed by atoms with Crippen LogP contribution in [0.1, 0.15) is 32.7 Å². The monoisotopic (exact) mass is 369 g/mol. The number of nitrogens with one attached hydrogen (secondary N) is 1. The summed E-state index contributed by atoms with van der Waals surface area (Å²) in [5, 5.41) is 20.8. The molecule has 0 bridgehead atoms. The van der Waals surface area contributed by atoms with Gasteiger partial charge in [-0.15, -0.1) is 0 Å². The molecule has 130 valence electrons. The van der Waals surface area contributed by atoms with E-state index in [9.17, 15) is 19.5 Å². The fourth-order valence-electron chi connectivity index (χ4n) is 2.67. The van der Waals surface area contributed by atoms with Crippen LogP contribution < -0.4 is 5.32 Å². The van der Waals surface area contributed by atoms with Gasteiger partial charge in [0.2, 0.25) is 5.91 Å². The van der Waals surface area contributed by atoms with Crippen molar-refractivity contribution in [2.75, 3.05) is 5.32 Å². The van der Waals surface area contributed by atoms with E-state index in [4.69, 9.17) is 16.9 Å². The van der Waals surface area contributed by atoms with Crippen LogP contribution in [0, 0.1) is 11.3 Å². The number of anilines is 1. The highest BCUT2D eigenvalue weighted by atomic mass is 35.5. The highest BCUT2D eigenvalue weighted by Gasteiger charge is 2.35. The van der Waals surface area contributed by atoms with E-state index in [0.717, 1.165) is 4.90 Å². The van der Waals surface area contributed by atoms with Crippen molar-refractivity contribution in [2.45, 2.75) is 13.0 Å². The van der Waals surface area contributed by atoms with E-state index in [1.807, 2.05) is 0 Å². The van der Waals surface area contributed by atoms with Gasteiger partial charge in [0.05, 0.1) is 34.5 Å². The first-order valence-electron chi connectivity index (χ1n) is 7.55.